The van der Waals surface area contributed by atoms with Crippen molar-refractivity contribution in [3.8, 4) is 0 Å². The van der Waals surface area contributed by atoms with Crippen molar-refractivity contribution in [3.05, 3.63) is 34.3 Å². The van der Waals surface area contributed by atoms with Gasteiger partial charge in [0.15, 0.2) is 0 Å². The summed E-state index contributed by atoms with van der Waals surface area (Å²) in [6, 6.07) is 7.60. The fraction of sp³-hybridized carbons (Fsp3) is 0.579. The molecule has 2 amide bonds. The minimum absolute atomic E-state index is 0.0779. The number of carbonyl (C=O) groups excluding carboxylic acids is 2. The number of halogens is 1. The van der Waals surface area contributed by atoms with Crippen molar-refractivity contribution in [1.82, 2.24) is 15.5 Å². The number of piperidine rings is 1. The van der Waals surface area contributed by atoms with Crippen molar-refractivity contribution < 1.29 is 9.59 Å². The molecule has 142 valence electrons. The molecule has 3 rings (SSSR count). The summed E-state index contributed by atoms with van der Waals surface area (Å²) in [5.41, 5.74) is 0.716. The lowest BCUT2D eigenvalue weighted by Crippen LogP contribution is -2.55. The summed E-state index contributed by atoms with van der Waals surface area (Å²) >= 11 is 5.25. The summed E-state index contributed by atoms with van der Waals surface area (Å²) in [4.78, 5) is 26.9. The predicted octanol–water partition coefficient (Wildman–Crippen LogP) is 3.00. The molecule has 26 heavy (non-hydrogen) atoms. The molecule has 1 spiro atoms. The molecule has 2 aliphatic heterocycles. The molecule has 7 heteroatoms. The number of carbonyl (C=O) groups is 2. The smallest absolute Gasteiger partial charge is 0.253 e. The number of rotatable bonds is 4. The standard InChI is InChI=1S/C19H26BrN3O2S/c1-3-13(2)21-17(24)16-12-26-19(22-16)7-9-23(10-8-19)18(25)14-5-4-6-15(20)11-14/h4-6,11,13,16,22H,3,7-10,12H2,1-2H3,(H,21,24). The van der Waals surface area contributed by atoms with E-state index in [0.29, 0.717) is 18.7 Å². The maximum absolute atomic E-state index is 12.7. The van der Waals surface area contributed by atoms with Gasteiger partial charge in [0.05, 0.1) is 10.9 Å². The molecule has 2 N–H and O–H groups in total. The third-order valence-corrected chi connectivity index (χ3v) is 7.28. The Morgan fingerprint density at radius 3 is 2.81 bits per heavy atom. The van der Waals surface area contributed by atoms with Gasteiger partial charge in [0.1, 0.15) is 0 Å². The van der Waals surface area contributed by atoms with E-state index in [0.717, 1.165) is 29.5 Å². The molecular formula is C19H26BrN3O2S. The van der Waals surface area contributed by atoms with Gasteiger partial charge < -0.3 is 10.2 Å². The summed E-state index contributed by atoms with van der Waals surface area (Å²) in [5, 5.41) is 6.61. The highest BCUT2D eigenvalue weighted by Crippen LogP contribution is 2.39. The van der Waals surface area contributed by atoms with Gasteiger partial charge in [-0.25, -0.2) is 0 Å². The van der Waals surface area contributed by atoms with Crippen molar-refractivity contribution in [2.45, 2.75) is 50.1 Å². The minimum Gasteiger partial charge on any atom is -0.352 e. The Kier molecular flexibility index (Phi) is 6.30. The highest BCUT2D eigenvalue weighted by atomic mass is 79.9. The molecule has 2 saturated heterocycles. The van der Waals surface area contributed by atoms with Crippen LogP contribution < -0.4 is 10.6 Å². The van der Waals surface area contributed by atoms with Gasteiger partial charge in [0.2, 0.25) is 5.91 Å². The Morgan fingerprint density at radius 2 is 2.15 bits per heavy atom. The van der Waals surface area contributed by atoms with Crippen molar-refractivity contribution in [2.24, 2.45) is 0 Å². The molecule has 2 atom stereocenters. The highest BCUT2D eigenvalue weighted by Gasteiger charge is 2.44. The molecule has 1 aromatic carbocycles. The van der Waals surface area contributed by atoms with Crippen LogP contribution in [0.3, 0.4) is 0 Å². The van der Waals surface area contributed by atoms with Crippen LogP contribution in [-0.4, -0.2) is 52.5 Å². The Balaban J connectivity index is 1.55. The number of hydrogen-bond acceptors (Lipinski definition) is 4. The second kappa shape index (κ2) is 8.31. The van der Waals surface area contributed by atoms with Crippen LogP contribution in [-0.2, 0) is 4.79 Å². The molecule has 0 aliphatic carbocycles. The lowest BCUT2D eigenvalue weighted by atomic mass is 10.0. The molecule has 1 aromatic rings. The third kappa shape index (κ3) is 4.43. The Bertz CT molecular complexity index is 677. The first kappa shape index (κ1) is 19.7. The van der Waals surface area contributed by atoms with E-state index in [-0.39, 0.29) is 28.8 Å². The van der Waals surface area contributed by atoms with Gasteiger partial charge in [-0.05, 0) is 44.4 Å². The van der Waals surface area contributed by atoms with E-state index >= 15 is 0 Å². The summed E-state index contributed by atoms with van der Waals surface area (Å²) in [5.74, 6) is 0.966. The molecular weight excluding hydrogens is 414 g/mol. The number of nitrogens with one attached hydrogen (secondary N) is 2. The van der Waals surface area contributed by atoms with Gasteiger partial charge in [-0.1, -0.05) is 28.9 Å². The summed E-state index contributed by atoms with van der Waals surface area (Å²) in [6.45, 7) is 5.53. The molecule has 5 nitrogen and oxygen atoms in total. The zero-order valence-electron chi connectivity index (χ0n) is 15.3. The summed E-state index contributed by atoms with van der Waals surface area (Å²) in [6.07, 6.45) is 2.67. The molecule has 2 heterocycles. The molecule has 0 saturated carbocycles. The lowest BCUT2D eigenvalue weighted by molar-refractivity contribution is -0.123. The summed E-state index contributed by atoms with van der Waals surface area (Å²) in [7, 11) is 0. The van der Waals surface area contributed by atoms with Crippen molar-refractivity contribution in [3.63, 3.8) is 0 Å². The van der Waals surface area contributed by atoms with Gasteiger partial charge in [-0.15, -0.1) is 11.8 Å². The second-order valence-electron chi connectivity index (χ2n) is 7.12. The average molecular weight is 440 g/mol. The van der Waals surface area contributed by atoms with Crippen molar-refractivity contribution >= 4 is 39.5 Å². The number of benzene rings is 1. The molecule has 0 aromatic heterocycles. The van der Waals surface area contributed by atoms with E-state index in [4.69, 9.17) is 0 Å². The lowest BCUT2D eigenvalue weighted by Gasteiger charge is -2.39. The average Bonchev–Trinajstić information content (AvgIpc) is 3.05. The maximum atomic E-state index is 12.7. The number of nitrogens with zero attached hydrogens (tertiary/aromatic N) is 1. The normalized spacial score (nSPS) is 23.0. The summed E-state index contributed by atoms with van der Waals surface area (Å²) < 4.78 is 0.917. The van der Waals surface area contributed by atoms with E-state index in [1.807, 2.05) is 47.9 Å². The molecule has 0 radical (unpaired) electrons. The van der Waals surface area contributed by atoms with E-state index in [2.05, 4.69) is 33.5 Å². The number of hydrogen-bond donors (Lipinski definition) is 2. The number of amides is 2. The van der Waals surface area contributed by atoms with Gasteiger partial charge >= 0.3 is 0 Å². The predicted molar refractivity (Wildman–Crippen MR) is 109 cm³/mol. The molecule has 0 bridgehead atoms. The van der Waals surface area contributed by atoms with Crippen LogP contribution in [0.1, 0.15) is 43.5 Å². The second-order valence-corrected chi connectivity index (χ2v) is 9.44. The zero-order chi connectivity index (χ0) is 18.7. The molecule has 2 fully saturated rings. The van der Waals surface area contributed by atoms with Gasteiger partial charge in [-0.2, -0.15) is 0 Å². The Hall–Kier alpha value is -1.05. The fourth-order valence-corrected chi connectivity index (χ4v) is 5.21. The van der Waals surface area contributed by atoms with Crippen LogP contribution in [0.4, 0.5) is 0 Å². The quantitative estimate of drug-likeness (QED) is 0.756. The van der Waals surface area contributed by atoms with E-state index in [9.17, 15) is 9.59 Å². The van der Waals surface area contributed by atoms with Gasteiger partial charge in [0.25, 0.3) is 5.91 Å². The molecule has 2 unspecified atom stereocenters. The van der Waals surface area contributed by atoms with Crippen molar-refractivity contribution in [1.29, 1.82) is 0 Å². The maximum Gasteiger partial charge on any atom is 0.253 e. The van der Waals surface area contributed by atoms with Gasteiger partial charge in [0, 0.05) is 34.9 Å². The van der Waals surface area contributed by atoms with E-state index < -0.39 is 0 Å². The minimum atomic E-state index is -0.138. The van der Waals surface area contributed by atoms with E-state index in [1.54, 1.807) is 0 Å². The monoisotopic (exact) mass is 439 g/mol. The van der Waals surface area contributed by atoms with Crippen molar-refractivity contribution in [2.75, 3.05) is 18.8 Å². The van der Waals surface area contributed by atoms with Crippen LogP contribution in [0, 0.1) is 0 Å². The fourth-order valence-electron chi connectivity index (χ4n) is 3.39. The van der Waals surface area contributed by atoms with Crippen LogP contribution in [0.25, 0.3) is 0 Å². The SMILES string of the molecule is CCC(C)NC(=O)C1CSC2(CCN(C(=O)c3cccc(Br)c3)CC2)N1. The first-order valence-corrected chi connectivity index (χ1v) is 11.0. The third-order valence-electron chi connectivity index (χ3n) is 5.21. The first-order valence-electron chi connectivity index (χ1n) is 9.19. The zero-order valence-corrected chi connectivity index (χ0v) is 17.7. The van der Waals surface area contributed by atoms with Crippen LogP contribution in [0.15, 0.2) is 28.7 Å². The van der Waals surface area contributed by atoms with Crippen LogP contribution in [0.2, 0.25) is 0 Å². The molecule has 2 aliphatic rings. The number of thioether (sulfide) groups is 1. The van der Waals surface area contributed by atoms with Crippen LogP contribution in [0.5, 0.6) is 0 Å². The Labute approximate surface area is 167 Å². The Morgan fingerprint density at radius 1 is 1.42 bits per heavy atom. The topological polar surface area (TPSA) is 61.4 Å². The van der Waals surface area contributed by atoms with Gasteiger partial charge in [-0.3, -0.25) is 14.9 Å². The largest absolute Gasteiger partial charge is 0.352 e. The van der Waals surface area contributed by atoms with E-state index in [1.165, 1.54) is 0 Å². The van der Waals surface area contributed by atoms with Crippen LogP contribution >= 0.6 is 27.7 Å². The highest BCUT2D eigenvalue weighted by molar-refractivity contribution is 9.10. The first-order chi connectivity index (χ1) is 12.4. The number of likely N-dealkylation sites (tertiary alicyclic amines) is 1.